The van der Waals surface area contributed by atoms with E-state index in [-0.39, 0.29) is 24.0 Å². The average Bonchev–Trinajstić information content (AvgIpc) is 2.04. The number of hydrogen-bond acceptors (Lipinski definition) is 3. The summed E-state index contributed by atoms with van der Waals surface area (Å²) in [6.45, 7) is 5.67. The van der Waals surface area contributed by atoms with E-state index in [9.17, 15) is 9.59 Å². The van der Waals surface area contributed by atoms with E-state index in [1.54, 1.807) is 0 Å². The first-order valence-electron chi connectivity index (χ1n) is 4.85. The third-order valence-corrected chi connectivity index (χ3v) is 2.40. The van der Waals surface area contributed by atoms with Crippen molar-refractivity contribution in [3.8, 4) is 0 Å². The maximum absolute atomic E-state index is 11.6. The predicted octanol–water partition coefficient (Wildman–Crippen LogP) is 0.897. The monoisotopic (exact) mass is 201 g/mol. The quantitative estimate of drug-likeness (QED) is 0.669. The van der Waals surface area contributed by atoms with Crippen molar-refractivity contribution in [3.05, 3.63) is 0 Å². The number of carboxylic acid groups (broad SMARTS) is 1. The van der Waals surface area contributed by atoms with E-state index in [2.05, 4.69) is 0 Å². The van der Waals surface area contributed by atoms with Crippen molar-refractivity contribution in [3.63, 3.8) is 0 Å². The summed E-state index contributed by atoms with van der Waals surface area (Å²) in [4.78, 5) is 22.1. The minimum Gasteiger partial charge on any atom is -0.481 e. The molecule has 4 nitrogen and oxygen atoms in total. The summed E-state index contributed by atoms with van der Waals surface area (Å²) in [5, 5.41) is 8.64. The van der Waals surface area contributed by atoms with Crippen LogP contribution in [-0.4, -0.2) is 23.4 Å². The van der Waals surface area contributed by atoms with Crippen LogP contribution in [0.1, 0.15) is 27.2 Å². The summed E-state index contributed by atoms with van der Waals surface area (Å²) in [6.07, 6.45) is 0.0787. The molecule has 0 heterocycles. The zero-order valence-corrected chi connectivity index (χ0v) is 8.99. The molecular formula is C10H19NO3. The van der Waals surface area contributed by atoms with Gasteiger partial charge in [0.25, 0.3) is 0 Å². The van der Waals surface area contributed by atoms with Crippen LogP contribution in [0.3, 0.4) is 0 Å². The third-order valence-electron chi connectivity index (χ3n) is 2.40. The number of rotatable bonds is 6. The zero-order chi connectivity index (χ0) is 11.3. The Morgan fingerprint density at radius 1 is 1.29 bits per heavy atom. The highest BCUT2D eigenvalue weighted by atomic mass is 16.4. The lowest BCUT2D eigenvalue weighted by atomic mass is 9.87. The third kappa shape index (κ3) is 3.87. The molecule has 0 saturated heterocycles. The summed E-state index contributed by atoms with van der Waals surface area (Å²) in [5.41, 5.74) is 5.46. The molecule has 0 spiro atoms. The molecule has 3 N–H and O–H groups in total. The second-order valence-electron chi connectivity index (χ2n) is 4.00. The molecule has 0 radical (unpaired) electrons. The molecule has 82 valence electrons. The molecule has 2 atom stereocenters. The first-order chi connectivity index (χ1) is 6.40. The first-order valence-corrected chi connectivity index (χ1v) is 4.85. The fraction of sp³-hybridized carbons (Fsp3) is 0.800. The van der Waals surface area contributed by atoms with Gasteiger partial charge in [0, 0.05) is 18.9 Å². The molecule has 4 heteroatoms. The predicted molar refractivity (Wildman–Crippen MR) is 53.8 cm³/mol. The second-order valence-corrected chi connectivity index (χ2v) is 4.00. The summed E-state index contributed by atoms with van der Waals surface area (Å²) in [7, 11) is 0. The van der Waals surface area contributed by atoms with Crippen molar-refractivity contribution in [2.75, 3.05) is 6.54 Å². The molecule has 0 aliphatic rings. The maximum atomic E-state index is 11.6. The molecule has 0 rings (SSSR count). The molecule has 0 amide bonds. The maximum Gasteiger partial charge on any atom is 0.306 e. The van der Waals surface area contributed by atoms with Crippen molar-refractivity contribution in [1.29, 1.82) is 0 Å². The second kappa shape index (κ2) is 5.75. The Hall–Kier alpha value is -0.900. The lowest BCUT2D eigenvalue weighted by Crippen LogP contribution is -2.30. The van der Waals surface area contributed by atoms with Crippen LogP contribution in [0.15, 0.2) is 0 Å². The van der Waals surface area contributed by atoms with Crippen LogP contribution >= 0.6 is 0 Å². The molecule has 0 aliphatic carbocycles. The molecule has 0 aliphatic heterocycles. The summed E-state index contributed by atoms with van der Waals surface area (Å²) in [6, 6.07) is 0. The number of nitrogens with two attached hydrogens (primary N) is 1. The molecule has 0 fully saturated rings. The van der Waals surface area contributed by atoms with Crippen LogP contribution in [-0.2, 0) is 9.59 Å². The number of aliphatic carboxylic acids is 1. The number of hydrogen-bond donors (Lipinski definition) is 2. The van der Waals surface area contributed by atoms with Gasteiger partial charge < -0.3 is 10.8 Å². The Labute approximate surface area is 84.5 Å². The van der Waals surface area contributed by atoms with Gasteiger partial charge in [-0.15, -0.1) is 0 Å². The van der Waals surface area contributed by atoms with Gasteiger partial charge in [-0.25, -0.2) is 0 Å². The van der Waals surface area contributed by atoms with Gasteiger partial charge in [0.1, 0.15) is 5.78 Å². The highest BCUT2D eigenvalue weighted by Crippen LogP contribution is 2.15. The van der Waals surface area contributed by atoms with Crippen LogP contribution in [0.4, 0.5) is 0 Å². The normalized spacial score (nSPS) is 15.2. The van der Waals surface area contributed by atoms with Gasteiger partial charge in [-0.05, 0) is 5.92 Å². The van der Waals surface area contributed by atoms with Gasteiger partial charge in [-0.2, -0.15) is 0 Å². The standard InChI is InChI=1S/C10H19NO3/c1-6(2)8(5-11)9(12)4-7(3)10(13)14/h6-8H,4-5,11H2,1-3H3,(H,13,14)/t7-,8+/m1/s1. The average molecular weight is 201 g/mol. The van der Waals surface area contributed by atoms with Crippen molar-refractivity contribution in [1.82, 2.24) is 0 Å². The van der Waals surface area contributed by atoms with E-state index in [4.69, 9.17) is 10.8 Å². The number of Topliss-reactive ketones (excluding diaryl/α,β-unsaturated/α-hetero) is 1. The smallest absolute Gasteiger partial charge is 0.306 e. The van der Waals surface area contributed by atoms with E-state index in [0.29, 0.717) is 6.54 Å². The molecular weight excluding hydrogens is 182 g/mol. The largest absolute Gasteiger partial charge is 0.481 e. The molecule has 14 heavy (non-hydrogen) atoms. The topological polar surface area (TPSA) is 80.4 Å². The van der Waals surface area contributed by atoms with Crippen molar-refractivity contribution in [2.45, 2.75) is 27.2 Å². The first kappa shape index (κ1) is 13.1. The van der Waals surface area contributed by atoms with Gasteiger partial charge in [0.15, 0.2) is 0 Å². The summed E-state index contributed by atoms with van der Waals surface area (Å²) in [5.74, 6) is -1.63. The zero-order valence-electron chi connectivity index (χ0n) is 8.99. The molecule has 0 bridgehead atoms. The minimum absolute atomic E-state index is 0.0441. The molecule has 0 unspecified atom stereocenters. The van der Waals surface area contributed by atoms with Gasteiger partial charge in [0.05, 0.1) is 5.92 Å². The number of ketones is 1. The van der Waals surface area contributed by atoms with Crippen LogP contribution in [0.25, 0.3) is 0 Å². The van der Waals surface area contributed by atoms with Gasteiger partial charge in [-0.3, -0.25) is 9.59 Å². The Kier molecular flexibility index (Phi) is 5.38. The number of carbonyl (C=O) groups is 2. The Balaban J connectivity index is 4.24. The minimum atomic E-state index is -0.933. The van der Waals surface area contributed by atoms with Crippen molar-refractivity contribution >= 4 is 11.8 Å². The Morgan fingerprint density at radius 2 is 1.79 bits per heavy atom. The lowest BCUT2D eigenvalue weighted by Gasteiger charge is -2.18. The van der Waals surface area contributed by atoms with Crippen molar-refractivity contribution < 1.29 is 14.7 Å². The fourth-order valence-corrected chi connectivity index (χ4v) is 1.32. The summed E-state index contributed by atoms with van der Waals surface area (Å²) >= 11 is 0. The fourth-order valence-electron chi connectivity index (χ4n) is 1.32. The Bertz CT molecular complexity index is 213. The van der Waals surface area contributed by atoms with Crippen LogP contribution in [0.2, 0.25) is 0 Å². The van der Waals surface area contributed by atoms with E-state index >= 15 is 0 Å². The van der Waals surface area contributed by atoms with E-state index < -0.39 is 11.9 Å². The van der Waals surface area contributed by atoms with E-state index in [1.807, 2.05) is 13.8 Å². The highest BCUT2D eigenvalue weighted by Gasteiger charge is 2.24. The van der Waals surface area contributed by atoms with Crippen LogP contribution in [0.5, 0.6) is 0 Å². The molecule has 0 aromatic rings. The van der Waals surface area contributed by atoms with Crippen LogP contribution in [0, 0.1) is 17.8 Å². The number of carbonyl (C=O) groups excluding carboxylic acids is 1. The van der Waals surface area contributed by atoms with Gasteiger partial charge >= 0.3 is 5.97 Å². The van der Waals surface area contributed by atoms with Crippen LogP contribution < -0.4 is 5.73 Å². The van der Waals surface area contributed by atoms with Gasteiger partial charge in [0.2, 0.25) is 0 Å². The number of carboxylic acids is 1. The Morgan fingerprint density at radius 3 is 2.07 bits per heavy atom. The van der Waals surface area contributed by atoms with Crippen molar-refractivity contribution in [2.24, 2.45) is 23.5 Å². The lowest BCUT2D eigenvalue weighted by molar-refractivity contribution is -0.143. The van der Waals surface area contributed by atoms with E-state index in [1.165, 1.54) is 6.92 Å². The molecule has 0 aromatic heterocycles. The van der Waals surface area contributed by atoms with Gasteiger partial charge in [-0.1, -0.05) is 20.8 Å². The SMILES string of the molecule is CC(C)[C@H](CN)C(=O)C[C@@H](C)C(=O)O. The highest BCUT2D eigenvalue weighted by molar-refractivity contribution is 5.85. The molecule has 0 aromatic carbocycles. The summed E-state index contributed by atoms with van der Waals surface area (Å²) < 4.78 is 0. The van der Waals surface area contributed by atoms with E-state index in [0.717, 1.165) is 0 Å². The molecule has 0 saturated carbocycles.